The minimum Gasteiger partial charge on any atom is -0.454 e. The number of hydrogen-bond donors (Lipinski definition) is 2. The molecule has 9 heteroatoms. The highest BCUT2D eigenvalue weighted by atomic mass is 32.2. The molecule has 1 aromatic carbocycles. The minimum atomic E-state index is -3.98. The van der Waals surface area contributed by atoms with Gasteiger partial charge in [0.1, 0.15) is 6.04 Å². The summed E-state index contributed by atoms with van der Waals surface area (Å²) in [4.78, 5) is 24.1. The second-order valence-electron chi connectivity index (χ2n) is 7.18. The lowest BCUT2D eigenvalue weighted by Gasteiger charge is -2.22. The average Bonchev–Trinajstić information content (AvgIpc) is 3.32. The summed E-state index contributed by atoms with van der Waals surface area (Å²) >= 11 is 0. The molecule has 8 nitrogen and oxygen atoms in total. The number of rotatable bonds is 6. The maximum atomic E-state index is 13.0. The predicted octanol–water partition coefficient (Wildman–Crippen LogP) is 0.249. The fraction of sp³-hybridized carbons (Fsp3) is 0.556. The van der Waals surface area contributed by atoms with E-state index in [1.807, 2.05) is 6.92 Å². The van der Waals surface area contributed by atoms with Crippen molar-refractivity contribution in [1.29, 1.82) is 0 Å². The number of aliphatic hydroxyl groups excluding tert-OH is 1. The van der Waals surface area contributed by atoms with Gasteiger partial charge in [-0.3, -0.25) is 9.59 Å². The van der Waals surface area contributed by atoms with Crippen molar-refractivity contribution in [3.63, 3.8) is 0 Å². The quantitative estimate of drug-likeness (QED) is 0.667. The molecule has 2 unspecified atom stereocenters. The molecule has 1 saturated carbocycles. The van der Waals surface area contributed by atoms with Gasteiger partial charge < -0.3 is 15.2 Å². The van der Waals surface area contributed by atoms with Gasteiger partial charge in [0.25, 0.3) is 5.91 Å². The fourth-order valence-electron chi connectivity index (χ4n) is 3.00. The Bertz CT molecular complexity index is 849. The van der Waals surface area contributed by atoms with Gasteiger partial charge in [-0.2, -0.15) is 4.31 Å². The highest BCUT2D eigenvalue weighted by Gasteiger charge is 2.44. The van der Waals surface area contributed by atoms with Gasteiger partial charge in [0.05, 0.1) is 11.0 Å². The maximum Gasteiger partial charge on any atom is 0.325 e. The molecule has 148 valence electrons. The van der Waals surface area contributed by atoms with Crippen molar-refractivity contribution in [3.05, 3.63) is 29.3 Å². The molecule has 3 rings (SSSR count). The lowest BCUT2D eigenvalue weighted by Crippen LogP contribution is -2.42. The summed E-state index contributed by atoms with van der Waals surface area (Å²) in [5.41, 5.74) is 1.76. The standard InChI is InChI=1S/C18H24N2O6S/c1-11-3-6-15(7-12(11)2)27(24,25)20-9-14(21)8-16(20)18(23)26-10-17(22)19-13-4-5-13/h3,6-7,13-14,16,21H,4-5,8-10H2,1-2H3,(H,19,22). The largest absolute Gasteiger partial charge is 0.454 e. The highest BCUT2D eigenvalue weighted by Crippen LogP contribution is 2.28. The third-order valence-corrected chi connectivity index (χ3v) is 6.75. The number of aryl methyl sites for hydroxylation is 2. The van der Waals surface area contributed by atoms with Crippen LogP contribution < -0.4 is 5.32 Å². The Morgan fingerprint density at radius 3 is 2.59 bits per heavy atom. The van der Waals surface area contributed by atoms with E-state index >= 15 is 0 Å². The Morgan fingerprint density at radius 1 is 1.26 bits per heavy atom. The van der Waals surface area contributed by atoms with E-state index in [1.54, 1.807) is 19.1 Å². The summed E-state index contributed by atoms with van der Waals surface area (Å²) in [5.74, 6) is -1.24. The molecule has 2 fully saturated rings. The van der Waals surface area contributed by atoms with Crippen LogP contribution in [0.3, 0.4) is 0 Å². The third kappa shape index (κ3) is 4.48. The van der Waals surface area contributed by atoms with E-state index in [0.717, 1.165) is 28.3 Å². The van der Waals surface area contributed by atoms with Crippen LogP contribution in [0.4, 0.5) is 0 Å². The van der Waals surface area contributed by atoms with Crippen molar-refractivity contribution in [2.75, 3.05) is 13.2 Å². The van der Waals surface area contributed by atoms with E-state index in [4.69, 9.17) is 4.74 Å². The first-order valence-electron chi connectivity index (χ1n) is 8.91. The molecule has 0 aromatic heterocycles. The normalized spacial score (nSPS) is 23.2. The molecule has 1 aliphatic carbocycles. The van der Waals surface area contributed by atoms with Crippen molar-refractivity contribution in [2.45, 2.75) is 56.2 Å². The number of ether oxygens (including phenoxy) is 1. The lowest BCUT2D eigenvalue weighted by atomic mass is 10.1. The first-order valence-corrected chi connectivity index (χ1v) is 10.4. The summed E-state index contributed by atoms with van der Waals surface area (Å²) in [6.45, 7) is 3.03. The molecule has 1 aromatic rings. The molecule has 0 radical (unpaired) electrons. The van der Waals surface area contributed by atoms with Gasteiger partial charge in [0.2, 0.25) is 10.0 Å². The van der Waals surface area contributed by atoms with Crippen LogP contribution in [0, 0.1) is 13.8 Å². The van der Waals surface area contributed by atoms with Crippen LogP contribution in [0.1, 0.15) is 30.4 Å². The number of nitrogens with one attached hydrogen (secondary N) is 1. The number of nitrogens with zero attached hydrogens (tertiary/aromatic N) is 1. The van der Waals surface area contributed by atoms with Crippen molar-refractivity contribution in [1.82, 2.24) is 9.62 Å². The summed E-state index contributed by atoms with van der Waals surface area (Å²) < 4.78 is 31.9. The second-order valence-corrected chi connectivity index (χ2v) is 9.07. The van der Waals surface area contributed by atoms with E-state index in [1.165, 1.54) is 6.07 Å². The summed E-state index contributed by atoms with van der Waals surface area (Å²) in [5, 5.41) is 12.6. The maximum absolute atomic E-state index is 13.0. The van der Waals surface area contributed by atoms with Gasteiger partial charge in [-0.25, -0.2) is 8.42 Å². The molecule has 0 bridgehead atoms. The SMILES string of the molecule is Cc1ccc(S(=O)(=O)N2CC(O)CC2C(=O)OCC(=O)NC2CC2)cc1C. The van der Waals surface area contributed by atoms with Crippen LogP contribution in [-0.4, -0.2) is 61.0 Å². The Kier molecular flexibility index (Phi) is 5.55. The molecule has 1 heterocycles. The number of hydrogen-bond acceptors (Lipinski definition) is 6. The van der Waals surface area contributed by atoms with E-state index in [0.29, 0.717) is 0 Å². The number of esters is 1. The first-order chi connectivity index (χ1) is 12.7. The molecule has 2 aliphatic rings. The number of aliphatic hydroxyl groups is 1. The van der Waals surface area contributed by atoms with E-state index in [2.05, 4.69) is 5.32 Å². The van der Waals surface area contributed by atoms with E-state index < -0.39 is 40.7 Å². The minimum absolute atomic E-state index is 0.0592. The molecular formula is C18H24N2O6S. The zero-order valence-electron chi connectivity index (χ0n) is 15.3. The number of carbonyl (C=O) groups excluding carboxylic acids is 2. The Morgan fingerprint density at radius 2 is 1.96 bits per heavy atom. The Labute approximate surface area is 158 Å². The fourth-order valence-corrected chi connectivity index (χ4v) is 4.72. The topological polar surface area (TPSA) is 113 Å². The van der Waals surface area contributed by atoms with Crippen molar-refractivity contribution in [3.8, 4) is 0 Å². The zero-order chi connectivity index (χ0) is 19.8. The Hall–Kier alpha value is -1.97. The lowest BCUT2D eigenvalue weighted by molar-refractivity contribution is -0.151. The van der Waals surface area contributed by atoms with Crippen molar-refractivity contribution in [2.24, 2.45) is 0 Å². The van der Waals surface area contributed by atoms with Crippen LogP contribution >= 0.6 is 0 Å². The molecule has 0 spiro atoms. The van der Waals surface area contributed by atoms with Gasteiger partial charge >= 0.3 is 5.97 Å². The molecule has 1 amide bonds. The highest BCUT2D eigenvalue weighted by molar-refractivity contribution is 7.89. The molecule has 1 aliphatic heterocycles. The van der Waals surface area contributed by atoms with Crippen LogP contribution in [0.5, 0.6) is 0 Å². The van der Waals surface area contributed by atoms with Crippen molar-refractivity contribution >= 4 is 21.9 Å². The zero-order valence-corrected chi connectivity index (χ0v) is 16.2. The number of β-amino-alcohol motifs (C(OH)–C–C–N with tert-alkyl or cyclic N) is 1. The predicted molar refractivity (Wildman–Crippen MR) is 96.3 cm³/mol. The second kappa shape index (κ2) is 7.57. The average molecular weight is 396 g/mol. The van der Waals surface area contributed by atoms with Crippen LogP contribution in [-0.2, 0) is 24.3 Å². The van der Waals surface area contributed by atoms with Crippen LogP contribution in [0.2, 0.25) is 0 Å². The first kappa shape index (κ1) is 19.8. The summed E-state index contributed by atoms with van der Waals surface area (Å²) in [6.07, 6.45) is 0.796. The van der Waals surface area contributed by atoms with Gasteiger partial charge in [0.15, 0.2) is 6.61 Å². The molecule has 1 saturated heterocycles. The van der Waals surface area contributed by atoms with Gasteiger partial charge in [-0.1, -0.05) is 6.07 Å². The summed E-state index contributed by atoms with van der Waals surface area (Å²) in [7, 11) is -3.98. The number of amides is 1. The monoisotopic (exact) mass is 396 g/mol. The van der Waals surface area contributed by atoms with Gasteiger partial charge in [0, 0.05) is 19.0 Å². The van der Waals surface area contributed by atoms with Crippen molar-refractivity contribution < 1.29 is 27.9 Å². The molecule has 2 N–H and O–H groups in total. The van der Waals surface area contributed by atoms with E-state index in [9.17, 15) is 23.1 Å². The van der Waals surface area contributed by atoms with Gasteiger partial charge in [-0.05, 0) is 49.9 Å². The molecule has 27 heavy (non-hydrogen) atoms. The summed E-state index contributed by atoms with van der Waals surface area (Å²) in [6, 6.07) is 3.71. The number of benzene rings is 1. The Balaban J connectivity index is 1.73. The van der Waals surface area contributed by atoms with Gasteiger partial charge in [-0.15, -0.1) is 0 Å². The van der Waals surface area contributed by atoms with Crippen LogP contribution in [0.15, 0.2) is 23.1 Å². The van der Waals surface area contributed by atoms with Crippen LogP contribution in [0.25, 0.3) is 0 Å². The molecular weight excluding hydrogens is 372 g/mol. The number of carbonyl (C=O) groups is 2. The number of sulfonamides is 1. The van der Waals surface area contributed by atoms with E-state index in [-0.39, 0.29) is 23.9 Å². The third-order valence-electron chi connectivity index (χ3n) is 4.88. The molecule has 2 atom stereocenters. The smallest absolute Gasteiger partial charge is 0.325 e.